The Balaban J connectivity index is 2.45. The molecule has 2 nitrogen and oxygen atoms in total. The lowest BCUT2D eigenvalue weighted by atomic mass is 9.79. The van der Waals surface area contributed by atoms with Gasteiger partial charge in [0.15, 0.2) is 0 Å². The van der Waals surface area contributed by atoms with Gasteiger partial charge in [-0.2, -0.15) is 0 Å². The number of hydrogen-bond acceptors (Lipinski definition) is 2. The Labute approximate surface area is 108 Å². The molecule has 0 aliphatic heterocycles. The van der Waals surface area contributed by atoms with E-state index in [0.717, 1.165) is 0 Å². The molecule has 96 valence electrons. The molecule has 0 bridgehead atoms. The van der Waals surface area contributed by atoms with Crippen LogP contribution >= 0.6 is 0 Å². The first-order valence-electron chi connectivity index (χ1n) is 6.50. The molecule has 2 rings (SSSR count). The van der Waals surface area contributed by atoms with E-state index in [1.807, 2.05) is 0 Å². The Morgan fingerprint density at radius 1 is 0.889 bits per heavy atom. The lowest BCUT2D eigenvalue weighted by Crippen LogP contribution is -2.22. The maximum absolute atomic E-state index is 11.6. The molecule has 0 saturated heterocycles. The van der Waals surface area contributed by atoms with Crippen molar-refractivity contribution in [2.45, 2.75) is 52.9 Å². The highest BCUT2D eigenvalue weighted by Crippen LogP contribution is 2.34. The highest BCUT2D eigenvalue weighted by molar-refractivity contribution is 6.02. The summed E-state index contributed by atoms with van der Waals surface area (Å²) in [6.45, 7) is 8.44. The third kappa shape index (κ3) is 2.24. The third-order valence-electron chi connectivity index (χ3n) is 4.30. The zero-order valence-corrected chi connectivity index (χ0v) is 11.6. The Kier molecular flexibility index (Phi) is 3.38. The molecular weight excluding hydrogens is 224 g/mol. The van der Waals surface area contributed by atoms with Gasteiger partial charge >= 0.3 is 0 Å². The van der Waals surface area contributed by atoms with E-state index in [-0.39, 0.29) is 23.9 Å². The largest absolute Gasteiger partial charge is 0.299 e. The average Bonchev–Trinajstić information content (AvgIpc) is 2.30. The van der Waals surface area contributed by atoms with Gasteiger partial charge in [0.05, 0.1) is 6.42 Å². The van der Waals surface area contributed by atoms with Crippen LogP contribution in [0.5, 0.6) is 0 Å². The van der Waals surface area contributed by atoms with Gasteiger partial charge in [-0.25, -0.2) is 0 Å². The number of rotatable bonds is 1. The number of hydrogen-bond donors (Lipinski definition) is 0. The van der Waals surface area contributed by atoms with Gasteiger partial charge in [0.25, 0.3) is 0 Å². The predicted molar refractivity (Wildman–Crippen MR) is 72.0 cm³/mol. The normalized spacial score (nSPS) is 17.3. The highest BCUT2D eigenvalue weighted by Gasteiger charge is 2.28. The van der Waals surface area contributed by atoms with E-state index in [9.17, 15) is 9.59 Å². The van der Waals surface area contributed by atoms with E-state index < -0.39 is 0 Å². The summed E-state index contributed by atoms with van der Waals surface area (Å²) in [6, 6.07) is 2.16. The van der Waals surface area contributed by atoms with E-state index >= 15 is 0 Å². The third-order valence-corrected chi connectivity index (χ3v) is 4.30. The van der Waals surface area contributed by atoms with Crippen molar-refractivity contribution < 1.29 is 9.59 Å². The first-order valence-corrected chi connectivity index (χ1v) is 6.50. The van der Waals surface area contributed by atoms with Crippen LogP contribution in [-0.4, -0.2) is 11.6 Å². The maximum atomic E-state index is 11.6. The molecule has 0 radical (unpaired) electrons. The first-order chi connectivity index (χ1) is 8.40. The molecule has 1 aromatic carbocycles. The Morgan fingerprint density at radius 2 is 1.44 bits per heavy atom. The van der Waals surface area contributed by atoms with Gasteiger partial charge in [-0.1, -0.05) is 6.07 Å². The van der Waals surface area contributed by atoms with Crippen LogP contribution in [0, 0.1) is 27.7 Å². The maximum Gasteiger partial charge on any atom is 0.140 e. The second-order valence-corrected chi connectivity index (χ2v) is 5.52. The predicted octanol–water partition coefficient (Wildman–Crippen LogP) is 3.33. The molecule has 1 aliphatic carbocycles. The molecule has 1 saturated carbocycles. The summed E-state index contributed by atoms with van der Waals surface area (Å²) in [5, 5.41) is 0. The van der Waals surface area contributed by atoms with Crippen molar-refractivity contribution in [1.82, 2.24) is 0 Å². The number of carbonyl (C=O) groups excluding carboxylic acids is 2. The summed E-state index contributed by atoms with van der Waals surface area (Å²) < 4.78 is 0. The van der Waals surface area contributed by atoms with Crippen molar-refractivity contribution in [3.63, 3.8) is 0 Å². The molecule has 0 N–H and O–H groups in total. The van der Waals surface area contributed by atoms with Gasteiger partial charge in [-0.15, -0.1) is 0 Å². The summed E-state index contributed by atoms with van der Waals surface area (Å²) in [7, 11) is 0. The first kappa shape index (κ1) is 13.0. The second kappa shape index (κ2) is 4.68. The van der Waals surface area contributed by atoms with Crippen molar-refractivity contribution in [2.24, 2.45) is 0 Å². The molecule has 1 aromatic rings. The standard InChI is InChI=1S/C16H20O2/c1-9-5-16(12(4)11(3)10(9)2)13-6-14(17)8-15(18)7-13/h5,13H,6-8H2,1-4H3. The summed E-state index contributed by atoms with van der Waals surface area (Å²) in [6.07, 6.45) is 1.18. The van der Waals surface area contributed by atoms with Gasteiger partial charge in [0.1, 0.15) is 11.6 Å². The van der Waals surface area contributed by atoms with Crippen molar-refractivity contribution in [3.05, 3.63) is 33.9 Å². The van der Waals surface area contributed by atoms with E-state index in [0.29, 0.717) is 12.8 Å². The summed E-state index contributed by atoms with van der Waals surface area (Å²) in [5.74, 6) is 0.273. The Morgan fingerprint density at radius 3 is 2.00 bits per heavy atom. The Bertz CT molecular complexity index is 510. The van der Waals surface area contributed by atoms with Gasteiger partial charge in [-0.05, 0) is 61.4 Å². The fourth-order valence-electron chi connectivity index (χ4n) is 2.87. The van der Waals surface area contributed by atoms with Gasteiger partial charge < -0.3 is 0 Å². The Hall–Kier alpha value is -1.44. The zero-order valence-electron chi connectivity index (χ0n) is 11.6. The molecule has 0 unspecified atom stereocenters. The minimum absolute atomic E-state index is 0.0894. The smallest absolute Gasteiger partial charge is 0.140 e. The van der Waals surface area contributed by atoms with Crippen LogP contribution in [0.15, 0.2) is 6.07 Å². The van der Waals surface area contributed by atoms with Crippen molar-refractivity contribution >= 4 is 11.6 Å². The van der Waals surface area contributed by atoms with E-state index in [1.54, 1.807) is 0 Å². The molecule has 0 spiro atoms. The lowest BCUT2D eigenvalue weighted by molar-refractivity contribution is -0.130. The quantitative estimate of drug-likeness (QED) is 0.710. The van der Waals surface area contributed by atoms with Gasteiger partial charge in [0.2, 0.25) is 0 Å². The molecular formula is C16H20O2. The van der Waals surface area contributed by atoms with E-state index in [4.69, 9.17) is 0 Å². The molecule has 0 amide bonds. The molecule has 1 aliphatic rings. The zero-order chi connectivity index (χ0) is 13.4. The van der Waals surface area contributed by atoms with Crippen LogP contribution < -0.4 is 0 Å². The number of aryl methyl sites for hydroxylation is 1. The molecule has 18 heavy (non-hydrogen) atoms. The minimum atomic E-state index is 0.0894. The summed E-state index contributed by atoms with van der Waals surface area (Å²) in [4.78, 5) is 23.2. The van der Waals surface area contributed by atoms with Crippen LogP contribution in [0.3, 0.4) is 0 Å². The molecule has 0 aromatic heterocycles. The monoisotopic (exact) mass is 244 g/mol. The van der Waals surface area contributed by atoms with Crippen LogP contribution in [0.25, 0.3) is 0 Å². The summed E-state index contributed by atoms with van der Waals surface area (Å²) >= 11 is 0. The number of carbonyl (C=O) groups is 2. The summed E-state index contributed by atoms with van der Waals surface area (Å²) in [5.41, 5.74) is 6.28. The van der Waals surface area contributed by atoms with Crippen LogP contribution in [0.4, 0.5) is 0 Å². The van der Waals surface area contributed by atoms with Crippen molar-refractivity contribution in [3.8, 4) is 0 Å². The average molecular weight is 244 g/mol. The number of ketones is 2. The molecule has 0 heterocycles. The molecule has 2 heteroatoms. The minimum Gasteiger partial charge on any atom is -0.299 e. The van der Waals surface area contributed by atoms with Crippen LogP contribution in [0.1, 0.15) is 53.0 Å². The fourth-order valence-corrected chi connectivity index (χ4v) is 2.87. The lowest BCUT2D eigenvalue weighted by Gasteiger charge is -2.24. The van der Waals surface area contributed by atoms with Gasteiger partial charge in [0, 0.05) is 12.8 Å². The van der Waals surface area contributed by atoms with Crippen molar-refractivity contribution in [2.75, 3.05) is 0 Å². The van der Waals surface area contributed by atoms with Crippen molar-refractivity contribution in [1.29, 1.82) is 0 Å². The molecule has 1 fully saturated rings. The fraction of sp³-hybridized carbons (Fsp3) is 0.500. The highest BCUT2D eigenvalue weighted by atomic mass is 16.1. The number of Topliss-reactive ketones (excluding diaryl/α,β-unsaturated/α-hetero) is 2. The van der Waals surface area contributed by atoms with Crippen LogP contribution in [0.2, 0.25) is 0 Å². The molecule has 0 atom stereocenters. The van der Waals surface area contributed by atoms with E-state index in [1.165, 1.54) is 27.8 Å². The SMILES string of the molecule is Cc1cc(C2CC(=O)CC(=O)C2)c(C)c(C)c1C. The van der Waals surface area contributed by atoms with E-state index in [2.05, 4.69) is 33.8 Å². The number of benzene rings is 1. The van der Waals surface area contributed by atoms with Crippen LogP contribution in [-0.2, 0) is 9.59 Å². The topological polar surface area (TPSA) is 34.1 Å². The second-order valence-electron chi connectivity index (χ2n) is 5.52. The van der Waals surface area contributed by atoms with Gasteiger partial charge in [-0.3, -0.25) is 9.59 Å².